The summed E-state index contributed by atoms with van der Waals surface area (Å²) in [6.45, 7) is 0.311. The van der Waals surface area contributed by atoms with E-state index in [1.54, 1.807) is 18.2 Å². The van der Waals surface area contributed by atoms with Crippen LogP contribution < -0.4 is 5.32 Å². The molecule has 2 aromatic rings. The van der Waals surface area contributed by atoms with Gasteiger partial charge in [0.05, 0.1) is 11.3 Å². The summed E-state index contributed by atoms with van der Waals surface area (Å²) in [6, 6.07) is 11.1. The Labute approximate surface area is 120 Å². The molecule has 0 fully saturated rings. The normalized spacial score (nSPS) is 10.0. The van der Waals surface area contributed by atoms with E-state index in [1.807, 2.05) is 0 Å². The van der Waals surface area contributed by atoms with Crippen molar-refractivity contribution in [1.29, 1.82) is 5.26 Å². The number of halogens is 3. The second kappa shape index (κ2) is 5.92. The van der Waals surface area contributed by atoms with Crippen molar-refractivity contribution in [2.24, 2.45) is 0 Å². The molecule has 0 aliphatic carbocycles. The van der Waals surface area contributed by atoms with Gasteiger partial charge in [-0.3, -0.25) is 0 Å². The van der Waals surface area contributed by atoms with Gasteiger partial charge in [-0.1, -0.05) is 23.2 Å². The van der Waals surface area contributed by atoms with Gasteiger partial charge in [0.2, 0.25) is 0 Å². The molecule has 0 aliphatic heterocycles. The Kier molecular flexibility index (Phi) is 4.26. The fourth-order valence-corrected chi connectivity index (χ4v) is 1.99. The summed E-state index contributed by atoms with van der Waals surface area (Å²) in [6.07, 6.45) is 0. The smallest absolute Gasteiger partial charge is 0.123 e. The van der Waals surface area contributed by atoms with Gasteiger partial charge in [0.1, 0.15) is 11.9 Å². The van der Waals surface area contributed by atoms with Gasteiger partial charge in [-0.05, 0) is 42.0 Å². The quantitative estimate of drug-likeness (QED) is 0.897. The number of nitrogens with one attached hydrogen (secondary N) is 1. The van der Waals surface area contributed by atoms with Crippen LogP contribution in [0.4, 0.5) is 10.1 Å². The van der Waals surface area contributed by atoms with Gasteiger partial charge in [-0.15, -0.1) is 0 Å². The Hall–Kier alpha value is -1.76. The fourth-order valence-electron chi connectivity index (χ4n) is 1.63. The molecule has 0 saturated carbocycles. The maximum atomic E-state index is 13.1. The third-order valence-corrected chi connectivity index (χ3v) is 3.18. The number of rotatable bonds is 3. The molecule has 0 bridgehead atoms. The van der Waals surface area contributed by atoms with E-state index in [9.17, 15) is 4.39 Å². The molecule has 0 atom stereocenters. The van der Waals surface area contributed by atoms with Crippen molar-refractivity contribution < 1.29 is 4.39 Å². The lowest BCUT2D eigenvalue weighted by Gasteiger charge is -2.10. The maximum Gasteiger partial charge on any atom is 0.123 e. The summed E-state index contributed by atoms with van der Waals surface area (Å²) in [7, 11) is 0. The highest BCUT2D eigenvalue weighted by Gasteiger charge is 2.05. The minimum Gasteiger partial charge on any atom is -0.380 e. The topological polar surface area (TPSA) is 35.8 Å². The summed E-state index contributed by atoms with van der Waals surface area (Å²) >= 11 is 11.8. The zero-order chi connectivity index (χ0) is 13.8. The van der Waals surface area contributed by atoms with Crippen molar-refractivity contribution >= 4 is 28.9 Å². The Balaban J connectivity index is 2.21. The molecular formula is C14H9Cl2FN2. The third kappa shape index (κ3) is 3.37. The molecule has 0 amide bonds. The summed E-state index contributed by atoms with van der Waals surface area (Å²) in [4.78, 5) is 0. The maximum absolute atomic E-state index is 13.1. The molecule has 0 heterocycles. The molecule has 0 aromatic heterocycles. The minimum atomic E-state index is -0.354. The van der Waals surface area contributed by atoms with E-state index in [2.05, 4.69) is 11.4 Å². The van der Waals surface area contributed by atoms with Crippen LogP contribution in [0, 0.1) is 17.1 Å². The average molecular weight is 295 g/mol. The van der Waals surface area contributed by atoms with Gasteiger partial charge in [-0.25, -0.2) is 4.39 Å². The van der Waals surface area contributed by atoms with Crippen molar-refractivity contribution in [2.75, 3.05) is 5.32 Å². The monoisotopic (exact) mass is 294 g/mol. The predicted octanol–water partition coefficient (Wildman–Crippen LogP) is 4.62. The van der Waals surface area contributed by atoms with Crippen molar-refractivity contribution in [3.05, 3.63) is 63.4 Å². The van der Waals surface area contributed by atoms with Crippen LogP contribution in [-0.4, -0.2) is 0 Å². The number of nitrogens with zero attached hydrogens (tertiary/aromatic N) is 1. The van der Waals surface area contributed by atoms with Crippen LogP contribution in [-0.2, 0) is 6.54 Å². The first-order valence-corrected chi connectivity index (χ1v) is 6.23. The third-order valence-electron chi connectivity index (χ3n) is 2.58. The van der Waals surface area contributed by atoms with Crippen molar-refractivity contribution in [1.82, 2.24) is 0 Å². The van der Waals surface area contributed by atoms with E-state index in [-0.39, 0.29) is 5.82 Å². The van der Waals surface area contributed by atoms with E-state index in [0.717, 1.165) is 0 Å². The van der Waals surface area contributed by atoms with Crippen LogP contribution >= 0.6 is 23.2 Å². The van der Waals surface area contributed by atoms with Gasteiger partial charge < -0.3 is 5.32 Å². The van der Waals surface area contributed by atoms with Crippen LogP contribution in [0.25, 0.3) is 0 Å². The Morgan fingerprint density at radius 3 is 2.68 bits per heavy atom. The summed E-state index contributed by atoms with van der Waals surface area (Å²) in [5.41, 5.74) is 1.68. The van der Waals surface area contributed by atoms with Crippen LogP contribution in [0.3, 0.4) is 0 Å². The van der Waals surface area contributed by atoms with E-state index in [4.69, 9.17) is 28.5 Å². The van der Waals surface area contributed by atoms with E-state index >= 15 is 0 Å². The second-order valence-corrected chi connectivity index (χ2v) is 4.73. The van der Waals surface area contributed by atoms with Crippen LogP contribution in [0.1, 0.15) is 11.1 Å². The summed E-state index contributed by atoms with van der Waals surface area (Å²) in [5.74, 6) is -0.354. The first-order valence-electron chi connectivity index (χ1n) is 5.47. The number of anilines is 1. The Morgan fingerprint density at radius 2 is 1.95 bits per heavy atom. The van der Waals surface area contributed by atoms with Gasteiger partial charge >= 0.3 is 0 Å². The van der Waals surface area contributed by atoms with Crippen LogP contribution in [0.15, 0.2) is 36.4 Å². The largest absolute Gasteiger partial charge is 0.380 e. The SMILES string of the molecule is N#Cc1ccc(Cl)cc1NCc1cc(F)ccc1Cl. The zero-order valence-corrected chi connectivity index (χ0v) is 11.3. The first-order chi connectivity index (χ1) is 9.10. The highest BCUT2D eigenvalue weighted by Crippen LogP contribution is 2.23. The average Bonchev–Trinajstić information content (AvgIpc) is 2.40. The molecule has 2 rings (SSSR count). The zero-order valence-electron chi connectivity index (χ0n) is 9.75. The number of hydrogen-bond donors (Lipinski definition) is 1. The number of nitriles is 1. The standard InChI is InChI=1S/C14H9Cl2FN2/c15-11-2-1-9(7-18)14(6-11)19-8-10-5-12(17)3-4-13(10)16/h1-6,19H,8H2. The first kappa shape index (κ1) is 13.7. The van der Waals surface area contributed by atoms with Crippen molar-refractivity contribution in [3.63, 3.8) is 0 Å². The molecular weight excluding hydrogens is 286 g/mol. The Morgan fingerprint density at radius 1 is 1.16 bits per heavy atom. The Bertz CT molecular complexity index is 650. The minimum absolute atomic E-state index is 0.311. The molecule has 19 heavy (non-hydrogen) atoms. The van der Waals surface area contributed by atoms with Gasteiger partial charge in [0.25, 0.3) is 0 Å². The molecule has 2 nitrogen and oxygen atoms in total. The van der Waals surface area contributed by atoms with E-state index in [1.165, 1.54) is 18.2 Å². The lowest BCUT2D eigenvalue weighted by atomic mass is 10.1. The van der Waals surface area contributed by atoms with E-state index in [0.29, 0.717) is 33.4 Å². The van der Waals surface area contributed by atoms with Crippen LogP contribution in [0.5, 0.6) is 0 Å². The molecule has 0 aliphatic rings. The highest BCUT2D eigenvalue weighted by atomic mass is 35.5. The lowest BCUT2D eigenvalue weighted by molar-refractivity contribution is 0.626. The van der Waals surface area contributed by atoms with Gasteiger partial charge in [0, 0.05) is 16.6 Å². The molecule has 1 N–H and O–H groups in total. The van der Waals surface area contributed by atoms with Crippen molar-refractivity contribution in [2.45, 2.75) is 6.54 Å². The molecule has 0 spiro atoms. The summed E-state index contributed by atoms with van der Waals surface area (Å²) < 4.78 is 13.1. The predicted molar refractivity (Wildman–Crippen MR) is 74.9 cm³/mol. The fraction of sp³-hybridized carbons (Fsp3) is 0.0714. The van der Waals surface area contributed by atoms with E-state index < -0.39 is 0 Å². The molecule has 0 unspecified atom stereocenters. The number of hydrogen-bond acceptors (Lipinski definition) is 2. The number of benzene rings is 2. The molecule has 0 saturated heterocycles. The summed E-state index contributed by atoms with van der Waals surface area (Å²) in [5, 5.41) is 13.0. The molecule has 5 heteroatoms. The molecule has 96 valence electrons. The molecule has 0 radical (unpaired) electrons. The lowest BCUT2D eigenvalue weighted by Crippen LogP contribution is -2.02. The second-order valence-electron chi connectivity index (χ2n) is 3.89. The van der Waals surface area contributed by atoms with Crippen molar-refractivity contribution in [3.8, 4) is 6.07 Å². The highest BCUT2D eigenvalue weighted by molar-refractivity contribution is 6.31. The van der Waals surface area contributed by atoms with Gasteiger partial charge in [0.15, 0.2) is 0 Å². The van der Waals surface area contributed by atoms with Gasteiger partial charge in [-0.2, -0.15) is 5.26 Å². The molecule has 2 aromatic carbocycles. The van der Waals surface area contributed by atoms with Crippen LogP contribution in [0.2, 0.25) is 10.0 Å².